The van der Waals surface area contributed by atoms with Crippen molar-refractivity contribution in [1.82, 2.24) is 19.9 Å². The molecule has 1 amide bonds. The highest BCUT2D eigenvalue weighted by Crippen LogP contribution is 2.35. The molecule has 0 saturated carbocycles. The zero-order valence-corrected chi connectivity index (χ0v) is 17.2. The number of ether oxygens (including phenoxy) is 1. The Kier molecular flexibility index (Phi) is 6.08. The molecular weight excluding hydrogens is 411 g/mol. The van der Waals surface area contributed by atoms with E-state index in [1.165, 1.54) is 19.2 Å². The van der Waals surface area contributed by atoms with E-state index in [4.69, 9.17) is 9.72 Å². The molecular formula is C21H24F3N5O2. The fraction of sp³-hybridized carbons (Fsp3) is 0.524. The van der Waals surface area contributed by atoms with Crippen molar-refractivity contribution in [3.8, 4) is 0 Å². The van der Waals surface area contributed by atoms with Crippen molar-refractivity contribution in [1.29, 1.82) is 0 Å². The molecule has 166 valence electrons. The molecule has 0 aliphatic carbocycles. The van der Waals surface area contributed by atoms with E-state index in [1.54, 1.807) is 11.0 Å². The normalized spacial score (nSPS) is 21.9. The molecule has 2 aliphatic heterocycles. The van der Waals surface area contributed by atoms with Crippen LogP contribution in [0.1, 0.15) is 55.1 Å². The summed E-state index contributed by atoms with van der Waals surface area (Å²) in [6, 6.07) is 3.90. The minimum atomic E-state index is -4.54. The maximum Gasteiger partial charge on any atom is 0.419 e. The van der Waals surface area contributed by atoms with E-state index < -0.39 is 11.7 Å². The zero-order chi connectivity index (χ0) is 22.0. The third-order valence-corrected chi connectivity index (χ3v) is 5.70. The average Bonchev–Trinajstić information content (AvgIpc) is 3.28. The van der Waals surface area contributed by atoms with Gasteiger partial charge in [-0.15, -0.1) is 0 Å². The van der Waals surface area contributed by atoms with Crippen molar-refractivity contribution in [3.05, 3.63) is 41.5 Å². The van der Waals surface area contributed by atoms with Gasteiger partial charge in [-0.2, -0.15) is 13.2 Å². The van der Waals surface area contributed by atoms with E-state index in [2.05, 4.69) is 15.3 Å². The van der Waals surface area contributed by atoms with Gasteiger partial charge in [-0.3, -0.25) is 4.79 Å². The van der Waals surface area contributed by atoms with Gasteiger partial charge in [0.25, 0.3) is 0 Å². The average molecular weight is 435 g/mol. The summed E-state index contributed by atoms with van der Waals surface area (Å²) in [5, 5.41) is 2.75. The SMILES string of the molecule is CC(=O)N1CCCC(c2cc(Nc3ncccc3C(F)(F)F)nc(C3CCOC3)n2)C1. The number of hydrogen-bond donors (Lipinski definition) is 1. The van der Waals surface area contributed by atoms with Crippen LogP contribution >= 0.6 is 0 Å². The minimum absolute atomic E-state index is 0.00447. The van der Waals surface area contributed by atoms with Gasteiger partial charge in [-0.1, -0.05) is 0 Å². The Morgan fingerprint density at radius 3 is 2.81 bits per heavy atom. The van der Waals surface area contributed by atoms with E-state index in [0.717, 1.165) is 31.0 Å². The van der Waals surface area contributed by atoms with Gasteiger partial charge < -0.3 is 15.0 Å². The number of nitrogens with zero attached hydrogens (tertiary/aromatic N) is 4. The number of alkyl halides is 3. The zero-order valence-electron chi connectivity index (χ0n) is 17.2. The van der Waals surface area contributed by atoms with Crippen LogP contribution in [0.25, 0.3) is 0 Å². The maximum absolute atomic E-state index is 13.4. The van der Waals surface area contributed by atoms with Crippen LogP contribution in [-0.2, 0) is 15.7 Å². The van der Waals surface area contributed by atoms with Crippen molar-refractivity contribution < 1.29 is 22.7 Å². The molecule has 2 aromatic heterocycles. The molecule has 4 heterocycles. The van der Waals surface area contributed by atoms with E-state index in [0.29, 0.717) is 32.1 Å². The van der Waals surface area contributed by atoms with Crippen LogP contribution in [0.4, 0.5) is 24.8 Å². The molecule has 2 aromatic rings. The van der Waals surface area contributed by atoms with Gasteiger partial charge in [-0.05, 0) is 31.4 Å². The van der Waals surface area contributed by atoms with Gasteiger partial charge in [0.05, 0.1) is 17.9 Å². The largest absolute Gasteiger partial charge is 0.419 e. The summed E-state index contributed by atoms with van der Waals surface area (Å²) in [6.07, 6.45) is -0.794. The van der Waals surface area contributed by atoms with E-state index in [1.807, 2.05) is 0 Å². The number of rotatable bonds is 4. The fourth-order valence-corrected chi connectivity index (χ4v) is 4.04. The summed E-state index contributed by atoms with van der Waals surface area (Å²) in [5.74, 6) is 0.483. The summed E-state index contributed by atoms with van der Waals surface area (Å²) in [7, 11) is 0. The van der Waals surface area contributed by atoms with Crippen LogP contribution < -0.4 is 5.32 Å². The number of halogens is 3. The Morgan fingerprint density at radius 2 is 2.10 bits per heavy atom. The number of anilines is 2. The first kappa shape index (κ1) is 21.5. The van der Waals surface area contributed by atoms with Gasteiger partial charge in [0.2, 0.25) is 5.91 Å². The second kappa shape index (κ2) is 8.78. The molecule has 2 saturated heterocycles. The predicted molar refractivity (Wildman–Crippen MR) is 107 cm³/mol. The van der Waals surface area contributed by atoms with E-state index in [9.17, 15) is 18.0 Å². The van der Waals surface area contributed by atoms with Crippen LogP contribution in [0.2, 0.25) is 0 Å². The van der Waals surface area contributed by atoms with E-state index in [-0.39, 0.29) is 29.4 Å². The highest BCUT2D eigenvalue weighted by atomic mass is 19.4. The molecule has 0 aromatic carbocycles. The van der Waals surface area contributed by atoms with Gasteiger partial charge in [-0.25, -0.2) is 15.0 Å². The second-order valence-corrected chi connectivity index (χ2v) is 7.92. The Bertz CT molecular complexity index is 947. The highest BCUT2D eigenvalue weighted by molar-refractivity contribution is 5.73. The number of nitrogens with one attached hydrogen (secondary N) is 1. The van der Waals surface area contributed by atoms with Crippen LogP contribution in [0.15, 0.2) is 24.4 Å². The van der Waals surface area contributed by atoms with Crippen molar-refractivity contribution in [3.63, 3.8) is 0 Å². The number of likely N-dealkylation sites (tertiary alicyclic amines) is 1. The summed E-state index contributed by atoms with van der Waals surface area (Å²) >= 11 is 0. The van der Waals surface area contributed by atoms with Crippen molar-refractivity contribution in [2.75, 3.05) is 31.6 Å². The van der Waals surface area contributed by atoms with E-state index >= 15 is 0 Å². The molecule has 2 unspecified atom stereocenters. The topological polar surface area (TPSA) is 80.2 Å². The first-order chi connectivity index (χ1) is 14.8. The lowest BCUT2D eigenvalue weighted by molar-refractivity contribution is -0.137. The molecule has 31 heavy (non-hydrogen) atoms. The number of aromatic nitrogens is 3. The lowest BCUT2D eigenvalue weighted by atomic mass is 9.94. The molecule has 2 aliphatic rings. The molecule has 2 atom stereocenters. The third kappa shape index (κ3) is 4.95. The standard InChI is InChI=1S/C21H24F3N5O2/c1-13(30)29-8-3-4-14(11-29)17-10-18(27-19(26-17)15-6-9-31-12-15)28-20-16(21(22,23)24)5-2-7-25-20/h2,5,7,10,14-15H,3-4,6,8-9,11-12H2,1H3,(H,25,26,27,28). The molecule has 10 heteroatoms. The fourth-order valence-electron chi connectivity index (χ4n) is 4.04. The second-order valence-electron chi connectivity index (χ2n) is 7.92. The number of amides is 1. The molecule has 0 bridgehead atoms. The third-order valence-electron chi connectivity index (χ3n) is 5.70. The summed E-state index contributed by atoms with van der Waals surface area (Å²) in [4.78, 5) is 26.7. The first-order valence-corrected chi connectivity index (χ1v) is 10.3. The lowest BCUT2D eigenvalue weighted by Crippen LogP contribution is -2.38. The maximum atomic E-state index is 13.4. The number of carbonyl (C=O) groups is 1. The van der Waals surface area contributed by atoms with Gasteiger partial charge >= 0.3 is 6.18 Å². The highest BCUT2D eigenvalue weighted by Gasteiger charge is 2.34. The van der Waals surface area contributed by atoms with Gasteiger partial charge in [0, 0.05) is 50.7 Å². The molecule has 7 nitrogen and oxygen atoms in total. The van der Waals surface area contributed by atoms with Crippen molar-refractivity contribution in [2.24, 2.45) is 0 Å². The summed E-state index contributed by atoms with van der Waals surface area (Å²) < 4.78 is 45.6. The van der Waals surface area contributed by atoms with Crippen LogP contribution in [0.5, 0.6) is 0 Å². The van der Waals surface area contributed by atoms with Crippen molar-refractivity contribution in [2.45, 2.75) is 44.2 Å². The van der Waals surface area contributed by atoms with Crippen LogP contribution in [0.3, 0.4) is 0 Å². The summed E-state index contributed by atoms with van der Waals surface area (Å²) in [6.45, 7) is 3.85. The monoisotopic (exact) mass is 435 g/mol. The Morgan fingerprint density at radius 1 is 1.26 bits per heavy atom. The molecule has 1 N–H and O–H groups in total. The van der Waals surface area contributed by atoms with Crippen molar-refractivity contribution >= 4 is 17.5 Å². The number of hydrogen-bond acceptors (Lipinski definition) is 6. The van der Waals surface area contributed by atoms with Crippen LogP contribution in [-0.4, -0.2) is 52.1 Å². The predicted octanol–water partition coefficient (Wildman–Crippen LogP) is 3.86. The number of piperidine rings is 1. The smallest absolute Gasteiger partial charge is 0.381 e. The van der Waals surface area contributed by atoms with Gasteiger partial charge in [0.1, 0.15) is 17.5 Å². The Labute approximate surface area is 178 Å². The quantitative estimate of drug-likeness (QED) is 0.786. The Hall–Kier alpha value is -2.75. The molecule has 4 rings (SSSR count). The minimum Gasteiger partial charge on any atom is -0.381 e. The molecule has 2 fully saturated rings. The number of pyridine rings is 1. The summed E-state index contributed by atoms with van der Waals surface area (Å²) in [5.41, 5.74) is -0.142. The van der Waals surface area contributed by atoms with Gasteiger partial charge in [0.15, 0.2) is 0 Å². The lowest BCUT2D eigenvalue weighted by Gasteiger charge is -2.32. The van der Waals surface area contributed by atoms with Crippen LogP contribution in [0, 0.1) is 0 Å². The Balaban J connectivity index is 1.69. The number of carbonyl (C=O) groups excluding carboxylic acids is 1. The first-order valence-electron chi connectivity index (χ1n) is 10.3. The molecule has 0 spiro atoms. The molecule has 0 radical (unpaired) electrons.